The van der Waals surface area contributed by atoms with Crippen molar-refractivity contribution in [3.05, 3.63) is 53.1 Å². The Balaban J connectivity index is 1.65. The first-order valence-corrected chi connectivity index (χ1v) is 9.60. The van der Waals surface area contributed by atoms with Gasteiger partial charge in [0.2, 0.25) is 0 Å². The summed E-state index contributed by atoms with van der Waals surface area (Å²) in [6.45, 7) is 2.15. The van der Waals surface area contributed by atoms with E-state index in [0.29, 0.717) is 43.1 Å². The molecule has 0 spiro atoms. The molecule has 0 aliphatic carbocycles. The third-order valence-corrected chi connectivity index (χ3v) is 5.62. The highest BCUT2D eigenvalue weighted by Crippen LogP contribution is 2.27. The summed E-state index contributed by atoms with van der Waals surface area (Å²) in [6, 6.07) is 10.7. The first-order valence-electron chi connectivity index (χ1n) is 7.78. The number of para-hydroxylation sites is 1. The average Bonchev–Trinajstić information content (AvgIpc) is 2.57. The summed E-state index contributed by atoms with van der Waals surface area (Å²) in [6.07, 6.45) is 1.35. The van der Waals surface area contributed by atoms with Crippen molar-refractivity contribution < 1.29 is 17.6 Å². The van der Waals surface area contributed by atoms with Gasteiger partial charge in [0.05, 0.1) is 23.3 Å². The van der Waals surface area contributed by atoms with Gasteiger partial charge in [0.15, 0.2) is 9.84 Å². The quantitative estimate of drug-likeness (QED) is 0.812. The molecule has 1 aliphatic heterocycles. The lowest BCUT2D eigenvalue weighted by molar-refractivity contribution is 0.220. The molecule has 2 heterocycles. The highest BCUT2D eigenvalue weighted by atomic mass is 32.2. The molecule has 1 fully saturated rings. The lowest BCUT2D eigenvalue weighted by Gasteiger charge is -2.26. The largest absolute Gasteiger partial charge is 0.492 e. The van der Waals surface area contributed by atoms with Gasteiger partial charge in [-0.05, 0) is 18.2 Å². The summed E-state index contributed by atoms with van der Waals surface area (Å²) in [7, 11) is -2.87. The van der Waals surface area contributed by atoms with E-state index < -0.39 is 15.5 Å². The van der Waals surface area contributed by atoms with Gasteiger partial charge in [0, 0.05) is 25.2 Å². The summed E-state index contributed by atoms with van der Waals surface area (Å²) in [5.74, 6) is 1.02. The maximum atomic E-state index is 11.9. The fourth-order valence-electron chi connectivity index (χ4n) is 2.64. The Kier molecular flexibility index (Phi) is 5.01. The molecule has 0 unspecified atom stereocenters. The number of hydrogen-bond donors (Lipinski definition) is 0. The first-order chi connectivity index (χ1) is 11.6. The summed E-state index contributed by atoms with van der Waals surface area (Å²) < 4.78 is 33.6. The molecule has 128 valence electrons. The SMILES string of the molecule is O=c1occcc1-c1ccccc1OCCN1CCS(=O)(=O)CC1. The molecule has 0 amide bonds. The van der Waals surface area contributed by atoms with Crippen LogP contribution in [0.2, 0.25) is 0 Å². The Labute approximate surface area is 140 Å². The third-order valence-electron chi connectivity index (χ3n) is 4.02. The third kappa shape index (κ3) is 4.04. The van der Waals surface area contributed by atoms with Gasteiger partial charge in [-0.2, -0.15) is 0 Å². The zero-order chi connectivity index (χ0) is 17.0. The molecule has 24 heavy (non-hydrogen) atoms. The van der Waals surface area contributed by atoms with E-state index >= 15 is 0 Å². The molecule has 0 N–H and O–H groups in total. The van der Waals surface area contributed by atoms with Gasteiger partial charge in [0.1, 0.15) is 12.4 Å². The molecule has 0 bridgehead atoms. The van der Waals surface area contributed by atoms with Gasteiger partial charge >= 0.3 is 5.63 Å². The molecule has 1 aromatic heterocycles. The standard InChI is InChI=1S/C17H19NO5S/c19-17-15(5-3-10-23-17)14-4-1-2-6-16(14)22-11-7-18-8-12-24(20,21)13-9-18/h1-6,10H,7-9,11-13H2. The van der Waals surface area contributed by atoms with Crippen molar-refractivity contribution in [1.82, 2.24) is 4.90 Å². The summed E-state index contributed by atoms with van der Waals surface area (Å²) in [5, 5.41) is 0. The van der Waals surface area contributed by atoms with E-state index in [1.165, 1.54) is 6.26 Å². The lowest BCUT2D eigenvalue weighted by atomic mass is 10.1. The molecule has 0 radical (unpaired) electrons. The highest BCUT2D eigenvalue weighted by molar-refractivity contribution is 7.91. The van der Waals surface area contributed by atoms with Crippen LogP contribution < -0.4 is 10.4 Å². The first kappa shape index (κ1) is 16.7. The van der Waals surface area contributed by atoms with Gasteiger partial charge in [-0.15, -0.1) is 0 Å². The molecular formula is C17H19NO5S. The Morgan fingerprint density at radius 2 is 1.75 bits per heavy atom. The van der Waals surface area contributed by atoms with Crippen molar-refractivity contribution in [2.45, 2.75) is 0 Å². The molecule has 0 atom stereocenters. The minimum absolute atomic E-state index is 0.203. The Hall–Kier alpha value is -2.12. The second-order valence-corrected chi connectivity index (χ2v) is 7.96. The number of rotatable bonds is 5. The summed E-state index contributed by atoms with van der Waals surface area (Å²) in [4.78, 5) is 13.9. The summed E-state index contributed by atoms with van der Waals surface area (Å²) >= 11 is 0. The van der Waals surface area contributed by atoms with E-state index in [2.05, 4.69) is 4.90 Å². The van der Waals surface area contributed by atoms with Crippen LogP contribution in [-0.4, -0.2) is 51.1 Å². The predicted molar refractivity (Wildman–Crippen MR) is 91.0 cm³/mol. The summed E-state index contributed by atoms with van der Waals surface area (Å²) in [5.41, 5.74) is 0.736. The van der Waals surface area contributed by atoms with Crippen LogP contribution in [0.1, 0.15) is 0 Å². The number of benzene rings is 1. The number of ether oxygens (including phenoxy) is 1. The molecule has 1 aromatic carbocycles. The minimum Gasteiger partial charge on any atom is -0.492 e. The topological polar surface area (TPSA) is 76.8 Å². The van der Waals surface area contributed by atoms with E-state index in [9.17, 15) is 13.2 Å². The van der Waals surface area contributed by atoms with Gasteiger partial charge in [-0.3, -0.25) is 4.90 Å². The van der Waals surface area contributed by atoms with Crippen LogP contribution in [0.15, 0.2) is 51.9 Å². The molecule has 3 rings (SSSR count). The van der Waals surface area contributed by atoms with Gasteiger partial charge in [0.25, 0.3) is 0 Å². The van der Waals surface area contributed by atoms with Crippen LogP contribution >= 0.6 is 0 Å². The maximum Gasteiger partial charge on any atom is 0.343 e. The van der Waals surface area contributed by atoms with Crippen LogP contribution in [0.3, 0.4) is 0 Å². The fourth-order valence-corrected chi connectivity index (χ4v) is 3.92. The predicted octanol–water partition coefficient (Wildman–Crippen LogP) is 1.42. The second kappa shape index (κ2) is 7.19. The van der Waals surface area contributed by atoms with Gasteiger partial charge in [-0.1, -0.05) is 18.2 Å². The highest BCUT2D eigenvalue weighted by Gasteiger charge is 2.21. The van der Waals surface area contributed by atoms with Crippen molar-refractivity contribution >= 4 is 9.84 Å². The molecule has 0 saturated carbocycles. The van der Waals surface area contributed by atoms with Crippen LogP contribution in [0.25, 0.3) is 11.1 Å². The van der Waals surface area contributed by atoms with Crippen LogP contribution in [0, 0.1) is 0 Å². The number of sulfone groups is 1. The van der Waals surface area contributed by atoms with E-state index in [1.54, 1.807) is 12.1 Å². The van der Waals surface area contributed by atoms with E-state index in [1.807, 2.05) is 24.3 Å². The van der Waals surface area contributed by atoms with Crippen LogP contribution in [0.5, 0.6) is 5.75 Å². The smallest absolute Gasteiger partial charge is 0.343 e. The van der Waals surface area contributed by atoms with Crippen molar-refractivity contribution in [3.63, 3.8) is 0 Å². The zero-order valence-corrected chi connectivity index (χ0v) is 14.0. The zero-order valence-electron chi connectivity index (χ0n) is 13.2. The Morgan fingerprint density at radius 1 is 1.04 bits per heavy atom. The number of hydrogen-bond acceptors (Lipinski definition) is 6. The maximum absolute atomic E-state index is 11.9. The van der Waals surface area contributed by atoms with Crippen molar-refractivity contribution in [3.8, 4) is 16.9 Å². The van der Waals surface area contributed by atoms with Crippen molar-refractivity contribution in [1.29, 1.82) is 0 Å². The van der Waals surface area contributed by atoms with Crippen LogP contribution in [0.4, 0.5) is 0 Å². The van der Waals surface area contributed by atoms with E-state index in [-0.39, 0.29) is 11.5 Å². The minimum atomic E-state index is -2.87. The Bertz CT molecular complexity index is 845. The fraction of sp³-hybridized carbons (Fsp3) is 0.353. The monoisotopic (exact) mass is 349 g/mol. The van der Waals surface area contributed by atoms with Crippen molar-refractivity contribution in [2.24, 2.45) is 0 Å². The van der Waals surface area contributed by atoms with Crippen molar-refractivity contribution in [2.75, 3.05) is 37.7 Å². The average molecular weight is 349 g/mol. The second-order valence-electron chi connectivity index (χ2n) is 5.65. The normalized spacial score (nSPS) is 17.5. The van der Waals surface area contributed by atoms with E-state index in [0.717, 1.165) is 0 Å². The number of nitrogens with zero attached hydrogens (tertiary/aromatic N) is 1. The molecule has 1 saturated heterocycles. The van der Waals surface area contributed by atoms with Gasteiger partial charge in [-0.25, -0.2) is 13.2 Å². The van der Waals surface area contributed by atoms with E-state index in [4.69, 9.17) is 9.15 Å². The van der Waals surface area contributed by atoms with Crippen LogP contribution in [-0.2, 0) is 9.84 Å². The molecule has 2 aromatic rings. The van der Waals surface area contributed by atoms with Gasteiger partial charge < -0.3 is 9.15 Å². The molecule has 7 heteroatoms. The lowest BCUT2D eigenvalue weighted by Crippen LogP contribution is -2.42. The Morgan fingerprint density at radius 3 is 2.50 bits per heavy atom. The molecule has 1 aliphatic rings. The molecular weight excluding hydrogens is 330 g/mol. The molecule has 6 nitrogen and oxygen atoms in total.